The number of nitrogens with two attached hydrogens (primary N) is 2. The van der Waals surface area contributed by atoms with Crippen molar-refractivity contribution in [2.75, 3.05) is 12.0 Å². The van der Waals surface area contributed by atoms with Gasteiger partial charge in [-0.3, -0.25) is 4.79 Å². The molecule has 0 aliphatic rings. The van der Waals surface area contributed by atoms with E-state index >= 15 is 0 Å². The van der Waals surface area contributed by atoms with Crippen LogP contribution in [0.5, 0.6) is 0 Å². The zero-order valence-corrected chi connectivity index (χ0v) is 10.9. The van der Waals surface area contributed by atoms with Crippen LogP contribution in [0.1, 0.15) is 10.4 Å². The summed E-state index contributed by atoms with van der Waals surface area (Å²) in [6, 6.07) is 4.55. The lowest BCUT2D eigenvalue weighted by Gasteiger charge is -2.05. The zero-order chi connectivity index (χ0) is 14.2. The smallest absolute Gasteiger partial charge is 0.250 e. The molecule has 0 atom stereocenters. The molecule has 1 heterocycles. The van der Waals surface area contributed by atoms with E-state index in [2.05, 4.69) is 5.10 Å². The number of rotatable bonds is 3. The highest BCUT2D eigenvalue weighted by Gasteiger charge is 2.12. The summed E-state index contributed by atoms with van der Waals surface area (Å²) in [5.41, 5.74) is 11.8. The van der Waals surface area contributed by atoms with Gasteiger partial charge >= 0.3 is 0 Å². The molecule has 8 heteroatoms. The van der Waals surface area contributed by atoms with E-state index in [1.54, 1.807) is 6.07 Å². The summed E-state index contributed by atoms with van der Waals surface area (Å²) in [4.78, 5) is 11.1. The van der Waals surface area contributed by atoms with Crippen molar-refractivity contribution >= 4 is 21.4 Å². The fourth-order valence-corrected chi connectivity index (χ4v) is 2.09. The van der Waals surface area contributed by atoms with Gasteiger partial charge in [0.25, 0.3) is 5.91 Å². The molecule has 0 saturated heterocycles. The van der Waals surface area contributed by atoms with Crippen molar-refractivity contribution in [1.29, 1.82) is 0 Å². The maximum Gasteiger partial charge on any atom is 0.250 e. The second-order valence-electron chi connectivity index (χ2n) is 4.03. The fourth-order valence-electron chi connectivity index (χ4n) is 1.56. The average molecular weight is 280 g/mol. The largest absolute Gasteiger partial charge is 0.398 e. The summed E-state index contributed by atoms with van der Waals surface area (Å²) >= 11 is 0. The Kier molecular flexibility index (Phi) is 3.03. The first-order chi connectivity index (χ1) is 8.79. The molecule has 0 saturated carbocycles. The molecule has 0 fully saturated rings. The Hall–Kier alpha value is -2.35. The van der Waals surface area contributed by atoms with E-state index in [0.717, 1.165) is 6.26 Å². The summed E-state index contributed by atoms with van der Waals surface area (Å²) in [5, 5.41) is 3.93. The molecule has 0 spiro atoms. The van der Waals surface area contributed by atoms with Gasteiger partial charge in [0, 0.05) is 18.1 Å². The molecule has 0 aliphatic carbocycles. The number of benzene rings is 1. The lowest BCUT2D eigenvalue weighted by atomic mass is 10.1. The number of amides is 1. The minimum Gasteiger partial charge on any atom is -0.398 e. The van der Waals surface area contributed by atoms with Crippen LogP contribution in [0.25, 0.3) is 5.69 Å². The van der Waals surface area contributed by atoms with Gasteiger partial charge in [-0.15, -0.1) is 0 Å². The van der Waals surface area contributed by atoms with Gasteiger partial charge in [0.15, 0.2) is 9.84 Å². The zero-order valence-electron chi connectivity index (χ0n) is 10.1. The number of nitrogen functional groups attached to an aromatic ring is 1. The molecule has 7 nitrogen and oxygen atoms in total. The lowest BCUT2D eigenvalue weighted by molar-refractivity contribution is 0.100. The van der Waals surface area contributed by atoms with Crippen molar-refractivity contribution < 1.29 is 13.2 Å². The average Bonchev–Trinajstić information content (AvgIpc) is 2.76. The molecule has 2 aromatic rings. The van der Waals surface area contributed by atoms with Crippen LogP contribution >= 0.6 is 0 Å². The number of sulfone groups is 1. The van der Waals surface area contributed by atoms with E-state index < -0.39 is 15.7 Å². The molecule has 100 valence electrons. The number of carbonyl (C=O) groups excluding carboxylic acids is 1. The highest BCUT2D eigenvalue weighted by Crippen LogP contribution is 2.18. The molecule has 1 aromatic heterocycles. The van der Waals surface area contributed by atoms with Gasteiger partial charge in [-0.05, 0) is 18.2 Å². The Balaban J connectivity index is 2.46. The Morgan fingerprint density at radius 3 is 2.53 bits per heavy atom. The van der Waals surface area contributed by atoms with Gasteiger partial charge in [0.05, 0.1) is 17.4 Å². The second-order valence-corrected chi connectivity index (χ2v) is 6.04. The van der Waals surface area contributed by atoms with Crippen LogP contribution < -0.4 is 11.5 Å². The maximum atomic E-state index is 11.3. The molecular formula is C11H12N4O3S. The van der Waals surface area contributed by atoms with Gasteiger partial charge in [0.2, 0.25) is 0 Å². The number of anilines is 1. The summed E-state index contributed by atoms with van der Waals surface area (Å²) in [6.07, 6.45) is 3.71. The third kappa shape index (κ3) is 2.58. The molecule has 0 unspecified atom stereocenters. The molecule has 1 aromatic carbocycles. The Morgan fingerprint density at radius 2 is 2.05 bits per heavy atom. The Morgan fingerprint density at radius 1 is 1.37 bits per heavy atom. The third-order valence-electron chi connectivity index (χ3n) is 2.55. The second kappa shape index (κ2) is 4.39. The minimum atomic E-state index is -3.31. The minimum absolute atomic E-state index is 0.102. The number of carbonyl (C=O) groups is 1. The first-order valence-corrected chi connectivity index (χ1v) is 7.12. The summed E-state index contributed by atoms with van der Waals surface area (Å²) in [6.45, 7) is 0. The van der Waals surface area contributed by atoms with Crippen LogP contribution in [0.3, 0.4) is 0 Å². The lowest BCUT2D eigenvalue weighted by Crippen LogP contribution is -2.13. The first kappa shape index (κ1) is 13.1. The van der Waals surface area contributed by atoms with E-state index in [-0.39, 0.29) is 16.1 Å². The molecule has 1 amide bonds. The fraction of sp³-hybridized carbons (Fsp3) is 0.0909. The monoisotopic (exact) mass is 280 g/mol. The number of nitrogens with zero attached hydrogens (tertiary/aromatic N) is 2. The highest BCUT2D eigenvalue weighted by molar-refractivity contribution is 7.90. The Bertz CT molecular complexity index is 749. The molecule has 4 N–H and O–H groups in total. The van der Waals surface area contributed by atoms with Crippen LogP contribution in [-0.4, -0.2) is 30.4 Å². The molecule has 2 rings (SSSR count). The number of hydrogen-bond donors (Lipinski definition) is 2. The van der Waals surface area contributed by atoms with Crippen molar-refractivity contribution in [1.82, 2.24) is 9.78 Å². The van der Waals surface area contributed by atoms with Gasteiger partial charge in [-0.1, -0.05) is 0 Å². The maximum absolute atomic E-state index is 11.3. The normalized spacial score (nSPS) is 11.4. The van der Waals surface area contributed by atoms with Gasteiger partial charge in [0.1, 0.15) is 4.90 Å². The first-order valence-electron chi connectivity index (χ1n) is 5.23. The van der Waals surface area contributed by atoms with E-state index in [4.69, 9.17) is 11.5 Å². The number of aromatic nitrogens is 2. The van der Waals surface area contributed by atoms with Crippen molar-refractivity contribution in [3.63, 3.8) is 0 Å². The van der Waals surface area contributed by atoms with Crippen LogP contribution in [0.4, 0.5) is 5.69 Å². The standard InChI is InChI=1S/C11H12N4O3S/c1-19(17,18)8-5-14-15(6-8)7-2-3-9(11(13)16)10(12)4-7/h2-6H,12H2,1H3,(H2,13,16). The summed E-state index contributed by atoms with van der Waals surface area (Å²) in [7, 11) is -3.31. The molecule has 0 bridgehead atoms. The van der Waals surface area contributed by atoms with E-state index in [1.807, 2.05) is 0 Å². The molecule has 19 heavy (non-hydrogen) atoms. The molecule has 0 aliphatic heterocycles. The highest BCUT2D eigenvalue weighted by atomic mass is 32.2. The topological polar surface area (TPSA) is 121 Å². The number of primary amides is 1. The van der Waals surface area contributed by atoms with E-state index in [9.17, 15) is 13.2 Å². The SMILES string of the molecule is CS(=O)(=O)c1cnn(-c2ccc(C(N)=O)c(N)c2)c1. The number of hydrogen-bond acceptors (Lipinski definition) is 5. The van der Waals surface area contributed by atoms with Crippen LogP contribution in [0.2, 0.25) is 0 Å². The molecular weight excluding hydrogens is 268 g/mol. The quantitative estimate of drug-likeness (QED) is 0.764. The summed E-state index contributed by atoms with van der Waals surface area (Å²) < 4.78 is 24.1. The van der Waals surface area contributed by atoms with Crippen LogP contribution in [-0.2, 0) is 9.84 Å². The predicted octanol–water partition coefficient (Wildman–Crippen LogP) is -0.0431. The Labute approximate surface area is 109 Å². The van der Waals surface area contributed by atoms with Gasteiger partial charge in [-0.25, -0.2) is 13.1 Å². The van der Waals surface area contributed by atoms with Gasteiger partial charge in [-0.2, -0.15) is 5.10 Å². The van der Waals surface area contributed by atoms with Crippen LogP contribution in [0, 0.1) is 0 Å². The van der Waals surface area contributed by atoms with Crippen LogP contribution in [0.15, 0.2) is 35.5 Å². The van der Waals surface area contributed by atoms with Crippen molar-refractivity contribution in [3.8, 4) is 5.69 Å². The van der Waals surface area contributed by atoms with Crippen molar-refractivity contribution in [2.24, 2.45) is 5.73 Å². The summed E-state index contributed by atoms with van der Waals surface area (Å²) in [5.74, 6) is -0.624. The van der Waals surface area contributed by atoms with Crippen molar-refractivity contribution in [3.05, 3.63) is 36.2 Å². The molecule has 0 radical (unpaired) electrons. The predicted molar refractivity (Wildman–Crippen MR) is 69.6 cm³/mol. The van der Waals surface area contributed by atoms with E-state index in [1.165, 1.54) is 29.2 Å². The van der Waals surface area contributed by atoms with Gasteiger partial charge < -0.3 is 11.5 Å². The van der Waals surface area contributed by atoms with Crippen molar-refractivity contribution in [2.45, 2.75) is 4.90 Å². The van der Waals surface area contributed by atoms with E-state index in [0.29, 0.717) is 5.69 Å². The third-order valence-corrected chi connectivity index (χ3v) is 3.62.